The Morgan fingerprint density at radius 2 is 2.03 bits per heavy atom. The fourth-order valence-corrected chi connectivity index (χ4v) is 4.31. The van der Waals surface area contributed by atoms with Gasteiger partial charge in [0.15, 0.2) is 11.5 Å². The SMILES string of the molecule is CC(C)(C)OC(=O)N1CC(C2(CCNc3ncnc4[nH]cnc34)Nc3ccc(F)cc3N2)C1. The highest BCUT2D eigenvalue weighted by atomic mass is 19.1. The highest BCUT2D eigenvalue weighted by Gasteiger charge is 2.50. The number of hydrogen-bond donors (Lipinski definition) is 4. The summed E-state index contributed by atoms with van der Waals surface area (Å²) in [4.78, 5) is 29.8. The first kappa shape index (κ1) is 21.2. The topological polar surface area (TPSA) is 120 Å². The average molecular weight is 455 g/mol. The van der Waals surface area contributed by atoms with Crippen LogP contribution in [-0.2, 0) is 4.74 Å². The molecule has 1 fully saturated rings. The molecule has 1 atom stereocenters. The summed E-state index contributed by atoms with van der Waals surface area (Å²) in [5.74, 6) is 0.433. The van der Waals surface area contributed by atoms with Gasteiger partial charge in [0.05, 0.1) is 17.7 Å². The van der Waals surface area contributed by atoms with Gasteiger partial charge in [0.25, 0.3) is 0 Å². The number of likely N-dealkylation sites (tertiary alicyclic amines) is 1. The van der Waals surface area contributed by atoms with Crippen LogP contribution in [0.4, 0.5) is 26.4 Å². The van der Waals surface area contributed by atoms with Crippen molar-refractivity contribution in [3.63, 3.8) is 0 Å². The summed E-state index contributed by atoms with van der Waals surface area (Å²) >= 11 is 0. The molecule has 1 amide bonds. The minimum atomic E-state index is -0.556. The lowest BCUT2D eigenvalue weighted by Crippen LogP contribution is -2.64. The van der Waals surface area contributed by atoms with Crippen LogP contribution in [0.25, 0.3) is 11.2 Å². The predicted molar refractivity (Wildman–Crippen MR) is 122 cm³/mol. The van der Waals surface area contributed by atoms with E-state index in [1.807, 2.05) is 20.8 Å². The molecular weight excluding hydrogens is 427 g/mol. The number of aromatic nitrogens is 4. The molecule has 3 aromatic rings. The molecule has 2 aliphatic heterocycles. The maximum absolute atomic E-state index is 13.9. The lowest BCUT2D eigenvalue weighted by molar-refractivity contribution is -0.0101. The van der Waals surface area contributed by atoms with Crippen LogP contribution in [-0.4, -0.2) is 61.8 Å². The highest BCUT2D eigenvalue weighted by molar-refractivity contribution is 5.82. The molecule has 0 spiro atoms. The predicted octanol–water partition coefficient (Wildman–Crippen LogP) is 3.39. The van der Waals surface area contributed by atoms with Gasteiger partial charge >= 0.3 is 6.09 Å². The number of ether oxygens (including phenoxy) is 1. The van der Waals surface area contributed by atoms with Crippen LogP contribution < -0.4 is 16.0 Å². The summed E-state index contributed by atoms with van der Waals surface area (Å²) in [6.45, 7) is 7.18. The molecule has 11 heteroatoms. The third-order valence-corrected chi connectivity index (χ3v) is 5.96. The third-order valence-electron chi connectivity index (χ3n) is 5.96. The monoisotopic (exact) mass is 454 g/mol. The summed E-state index contributed by atoms with van der Waals surface area (Å²) in [7, 11) is 0. The first-order valence-electron chi connectivity index (χ1n) is 10.9. The molecule has 5 rings (SSSR count). The highest BCUT2D eigenvalue weighted by Crippen LogP contribution is 2.43. The third kappa shape index (κ3) is 4.10. The molecule has 174 valence electrons. The van der Waals surface area contributed by atoms with Crippen LogP contribution in [0.1, 0.15) is 27.2 Å². The number of anilines is 3. The Labute approximate surface area is 190 Å². The quantitative estimate of drug-likeness (QED) is 0.463. The lowest BCUT2D eigenvalue weighted by atomic mass is 9.83. The Morgan fingerprint density at radius 3 is 2.82 bits per heavy atom. The van der Waals surface area contributed by atoms with Crippen molar-refractivity contribution in [2.45, 2.75) is 38.5 Å². The van der Waals surface area contributed by atoms with Gasteiger partial charge in [-0.25, -0.2) is 24.1 Å². The molecule has 10 nitrogen and oxygen atoms in total. The lowest BCUT2D eigenvalue weighted by Gasteiger charge is -2.49. The molecule has 2 aliphatic rings. The largest absolute Gasteiger partial charge is 0.444 e. The van der Waals surface area contributed by atoms with Crippen molar-refractivity contribution in [2.75, 3.05) is 35.6 Å². The molecule has 0 bridgehead atoms. The number of amides is 1. The zero-order chi connectivity index (χ0) is 23.2. The van der Waals surface area contributed by atoms with Gasteiger partial charge in [-0.3, -0.25) is 0 Å². The van der Waals surface area contributed by atoms with Crippen molar-refractivity contribution in [3.8, 4) is 0 Å². The normalized spacial score (nSPS) is 20.1. The molecule has 2 aromatic heterocycles. The van der Waals surface area contributed by atoms with E-state index in [1.165, 1.54) is 18.5 Å². The van der Waals surface area contributed by atoms with E-state index in [0.29, 0.717) is 48.7 Å². The number of rotatable bonds is 5. The van der Waals surface area contributed by atoms with E-state index in [4.69, 9.17) is 4.74 Å². The van der Waals surface area contributed by atoms with Crippen LogP contribution in [0.2, 0.25) is 0 Å². The van der Waals surface area contributed by atoms with Gasteiger partial charge in [-0.1, -0.05) is 0 Å². The Balaban J connectivity index is 1.30. The van der Waals surface area contributed by atoms with Crippen molar-refractivity contribution in [1.29, 1.82) is 0 Å². The van der Waals surface area contributed by atoms with Crippen molar-refractivity contribution in [3.05, 3.63) is 36.7 Å². The van der Waals surface area contributed by atoms with E-state index < -0.39 is 11.3 Å². The number of hydrogen-bond acceptors (Lipinski definition) is 8. The summed E-state index contributed by atoms with van der Waals surface area (Å²) < 4.78 is 19.3. The van der Waals surface area contributed by atoms with E-state index in [0.717, 1.165) is 5.69 Å². The van der Waals surface area contributed by atoms with Crippen LogP contribution in [0.5, 0.6) is 0 Å². The van der Waals surface area contributed by atoms with E-state index in [2.05, 4.69) is 35.9 Å². The van der Waals surface area contributed by atoms with Gasteiger partial charge in [-0.2, -0.15) is 0 Å². The number of imidazole rings is 1. The molecule has 0 aliphatic carbocycles. The standard InChI is InChI=1S/C22H27FN8O2/c1-21(2,3)33-20(32)31-9-13(10-31)22(29-15-5-4-14(23)8-16(15)30-22)6-7-24-18-17-19(26-11-25-17)28-12-27-18/h4-5,8,11-13,29-30H,6-7,9-10H2,1-3H3,(H2,24,25,26,27,28). The van der Waals surface area contributed by atoms with Gasteiger partial charge < -0.3 is 30.6 Å². The number of H-pyrrole nitrogens is 1. The number of carbonyl (C=O) groups excluding carboxylic acids is 1. The van der Waals surface area contributed by atoms with Crippen LogP contribution in [0, 0.1) is 11.7 Å². The summed E-state index contributed by atoms with van der Waals surface area (Å²) in [6, 6.07) is 4.65. The first-order valence-corrected chi connectivity index (χ1v) is 10.9. The molecule has 1 aromatic carbocycles. The number of nitrogens with zero attached hydrogens (tertiary/aromatic N) is 4. The molecule has 0 radical (unpaired) electrons. The van der Waals surface area contributed by atoms with Crippen molar-refractivity contribution in [2.24, 2.45) is 5.92 Å². The molecule has 4 N–H and O–H groups in total. The van der Waals surface area contributed by atoms with Crippen molar-refractivity contribution < 1.29 is 13.9 Å². The molecule has 0 saturated carbocycles. The van der Waals surface area contributed by atoms with Gasteiger partial charge in [0, 0.05) is 32.0 Å². The second-order valence-electron chi connectivity index (χ2n) is 9.49. The fourth-order valence-electron chi connectivity index (χ4n) is 4.31. The minimum Gasteiger partial charge on any atom is -0.444 e. The van der Waals surface area contributed by atoms with Crippen molar-refractivity contribution >= 4 is 34.4 Å². The Hall–Kier alpha value is -3.63. The Kier molecular flexibility index (Phi) is 4.98. The molecule has 1 unspecified atom stereocenters. The van der Waals surface area contributed by atoms with Gasteiger partial charge in [-0.15, -0.1) is 0 Å². The number of benzene rings is 1. The summed E-state index contributed by atoms with van der Waals surface area (Å²) in [5.41, 5.74) is 1.78. The Morgan fingerprint density at radius 1 is 1.24 bits per heavy atom. The number of carbonyl (C=O) groups is 1. The maximum Gasteiger partial charge on any atom is 0.410 e. The van der Waals surface area contributed by atoms with E-state index in [1.54, 1.807) is 17.3 Å². The van der Waals surface area contributed by atoms with Gasteiger partial charge in [0.2, 0.25) is 0 Å². The minimum absolute atomic E-state index is 0.0954. The Bertz CT molecular complexity index is 1190. The van der Waals surface area contributed by atoms with Crippen LogP contribution in [0.15, 0.2) is 30.9 Å². The van der Waals surface area contributed by atoms with Gasteiger partial charge in [-0.05, 0) is 39.0 Å². The molecule has 1 saturated heterocycles. The number of fused-ring (bicyclic) bond motifs is 2. The average Bonchev–Trinajstić information content (AvgIpc) is 3.30. The molecular formula is C22H27FN8O2. The van der Waals surface area contributed by atoms with Crippen LogP contribution in [0.3, 0.4) is 0 Å². The second-order valence-corrected chi connectivity index (χ2v) is 9.49. The number of nitrogens with one attached hydrogen (secondary N) is 4. The van der Waals surface area contributed by atoms with Crippen LogP contribution >= 0.6 is 0 Å². The number of halogens is 1. The van der Waals surface area contributed by atoms with Crippen molar-refractivity contribution in [1.82, 2.24) is 24.8 Å². The van der Waals surface area contributed by atoms with E-state index >= 15 is 0 Å². The zero-order valence-corrected chi connectivity index (χ0v) is 18.8. The summed E-state index contributed by atoms with van der Waals surface area (Å²) in [5, 5.41) is 10.4. The fraction of sp³-hybridized carbons (Fsp3) is 0.455. The maximum atomic E-state index is 13.9. The smallest absolute Gasteiger partial charge is 0.410 e. The number of aromatic amines is 1. The summed E-state index contributed by atoms with van der Waals surface area (Å²) in [6.07, 6.45) is 3.38. The van der Waals surface area contributed by atoms with E-state index in [-0.39, 0.29) is 17.8 Å². The first-order chi connectivity index (χ1) is 15.7. The second kappa shape index (κ2) is 7.75. The molecule has 33 heavy (non-hydrogen) atoms. The van der Waals surface area contributed by atoms with E-state index in [9.17, 15) is 9.18 Å². The van der Waals surface area contributed by atoms with Gasteiger partial charge in [0.1, 0.15) is 28.9 Å². The zero-order valence-electron chi connectivity index (χ0n) is 18.8. The molecule has 4 heterocycles.